The third-order valence-corrected chi connectivity index (χ3v) is 4.70. The van der Waals surface area contributed by atoms with Gasteiger partial charge in [0.05, 0.1) is 0 Å². The quantitative estimate of drug-likeness (QED) is 0.616. The first-order chi connectivity index (χ1) is 11.1. The Hall–Kier alpha value is -0.600. The maximum atomic E-state index is 14.3. The van der Waals surface area contributed by atoms with E-state index in [1.807, 2.05) is 4.90 Å². The van der Waals surface area contributed by atoms with E-state index in [1.54, 1.807) is 0 Å². The highest BCUT2D eigenvalue weighted by Gasteiger charge is 2.36. The molecule has 1 aromatic rings. The molecule has 0 radical (unpaired) electrons. The Morgan fingerprint density at radius 1 is 0.960 bits per heavy atom. The molecule has 0 spiro atoms. The molecule has 25 heavy (non-hydrogen) atoms. The molecule has 1 aromatic carbocycles. The molecule has 0 aliphatic carbocycles. The van der Waals surface area contributed by atoms with Crippen LogP contribution in [-0.4, -0.2) is 44.3 Å². The molecule has 2 aliphatic rings. The fourth-order valence-electron chi connectivity index (χ4n) is 3.56. The van der Waals surface area contributed by atoms with Crippen LogP contribution in [0.1, 0.15) is 24.4 Å². The molecule has 2 fully saturated rings. The molecular weight excluding hydrogens is 383 g/mol. The van der Waals surface area contributed by atoms with Crippen molar-refractivity contribution in [3.63, 3.8) is 0 Å². The Balaban J connectivity index is 0.00000156. The number of hydrogen-bond acceptors (Lipinski definition) is 3. The second-order valence-corrected chi connectivity index (χ2v) is 6.06. The van der Waals surface area contributed by atoms with E-state index in [1.165, 1.54) is 0 Å². The number of piperazine rings is 1. The zero-order valence-electron chi connectivity index (χ0n) is 13.6. The summed E-state index contributed by atoms with van der Waals surface area (Å²) in [4.78, 5) is 1.92. The van der Waals surface area contributed by atoms with Crippen molar-refractivity contribution in [2.24, 2.45) is 5.92 Å². The molecule has 0 unspecified atom stereocenters. The molecule has 144 valence electrons. The first kappa shape index (κ1) is 22.4. The second-order valence-electron chi connectivity index (χ2n) is 6.06. The second kappa shape index (κ2) is 9.92. The minimum atomic E-state index is -1.34. The van der Waals surface area contributed by atoms with E-state index in [0.717, 1.165) is 0 Å². The summed E-state index contributed by atoms with van der Waals surface area (Å²) in [7, 11) is 0. The van der Waals surface area contributed by atoms with Crippen molar-refractivity contribution in [3.8, 4) is 0 Å². The van der Waals surface area contributed by atoms with E-state index in [-0.39, 0.29) is 36.8 Å². The summed E-state index contributed by atoms with van der Waals surface area (Å²) in [5.74, 6) is -5.33. The van der Waals surface area contributed by atoms with E-state index >= 15 is 0 Å². The third-order valence-electron chi connectivity index (χ3n) is 4.70. The maximum absolute atomic E-state index is 14.3. The van der Waals surface area contributed by atoms with Crippen molar-refractivity contribution in [2.45, 2.75) is 18.9 Å². The molecule has 3 nitrogen and oxygen atoms in total. The zero-order valence-corrected chi connectivity index (χ0v) is 15.2. The highest BCUT2D eigenvalue weighted by atomic mass is 35.5. The van der Waals surface area contributed by atoms with Crippen LogP contribution >= 0.6 is 24.8 Å². The molecule has 0 aromatic heterocycles. The number of hydrogen-bond donors (Lipinski definition) is 1. The van der Waals surface area contributed by atoms with Crippen molar-refractivity contribution < 1.29 is 22.3 Å². The van der Waals surface area contributed by atoms with Gasteiger partial charge >= 0.3 is 0 Å². The van der Waals surface area contributed by atoms with Gasteiger partial charge in [-0.2, -0.15) is 0 Å². The number of rotatable bonds is 3. The standard InChI is InChI=1S/C16H20F4N2O.2ClH/c17-11-9-12(18)15(20)13(14(11)19)16(10-1-7-23-8-2-10)22-5-3-21-4-6-22;;/h9-10,16,21H,1-8H2;2*1H/t16-;;/m0../s1. The minimum absolute atomic E-state index is 0. The lowest BCUT2D eigenvalue weighted by atomic mass is 9.85. The zero-order chi connectivity index (χ0) is 16.4. The Morgan fingerprint density at radius 2 is 1.48 bits per heavy atom. The van der Waals surface area contributed by atoms with Gasteiger partial charge in [0.25, 0.3) is 0 Å². The van der Waals surface area contributed by atoms with E-state index in [9.17, 15) is 17.6 Å². The number of nitrogens with one attached hydrogen (secondary N) is 1. The van der Waals surface area contributed by atoms with Gasteiger partial charge in [0.15, 0.2) is 23.3 Å². The summed E-state index contributed by atoms with van der Waals surface area (Å²) in [5, 5.41) is 3.17. The van der Waals surface area contributed by atoms with Crippen LogP contribution in [0, 0.1) is 29.2 Å². The van der Waals surface area contributed by atoms with E-state index < -0.39 is 34.9 Å². The van der Waals surface area contributed by atoms with E-state index in [0.29, 0.717) is 52.2 Å². The number of benzene rings is 1. The van der Waals surface area contributed by atoms with Gasteiger partial charge < -0.3 is 10.1 Å². The van der Waals surface area contributed by atoms with Gasteiger partial charge in [-0.3, -0.25) is 4.90 Å². The summed E-state index contributed by atoms with van der Waals surface area (Å²) >= 11 is 0. The van der Waals surface area contributed by atoms with Gasteiger partial charge in [0, 0.05) is 57.1 Å². The Morgan fingerprint density at radius 3 is 2.00 bits per heavy atom. The van der Waals surface area contributed by atoms with Crippen molar-refractivity contribution in [3.05, 3.63) is 34.9 Å². The Kier molecular flexibility index (Phi) is 8.91. The smallest absolute Gasteiger partial charge is 0.166 e. The molecular formula is C16H22Cl2F4N2O. The van der Waals surface area contributed by atoms with Crippen molar-refractivity contribution in [1.29, 1.82) is 0 Å². The molecule has 0 amide bonds. The lowest BCUT2D eigenvalue weighted by molar-refractivity contribution is 0.0187. The average Bonchev–Trinajstić information content (AvgIpc) is 2.58. The summed E-state index contributed by atoms with van der Waals surface area (Å²) in [6, 6.07) is -0.404. The Labute approximate surface area is 156 Å². The fourth-order valence-corrected chi connectivity index (χ4v) is 3.56. The van der Waals surface area contributed by atoms with Crippen LogP contribution in [-0.2, 0) is 4.74 Å². The maximum Gasteiger partial charge on any atom is 0.166 e. The van der Waals surface area contributed by atoms with Crippen LogP contribution in [0.2, 0.25) is 0 Å². The van der Waals surface area contributed by atoms with Crippen LogP contribution in [0.25, 0.3) is 0 Å². The van der Waals surface area contributed by atoms with Crippen LogP contribution in [0.15, 0.2) is 6.07 Å². The number of halogens is 6. The molecule has 0 bridgehead atoms. The van der Waals surface area contributed by atoms with Crippen LogP contribution in [0.3, 0.4) is 0 Å². The molecule has 2 saturated heterocycles. The van der Waals surface area contributed by atoms with Gasteiger partial charge in [-0.05, 0) is 18.8 Å². The third kappa shape index (κ3) is 4.77. The lowest BCUT2D eigenvalue weighted by Crippen LogP contribution is -2.48. The predicted octanol–water partition coefficient (Wildman–Crippen LogP) is 3.46. The molecule has 1 N–H and O–H groups in total. The van der Waals surface area contributed by atoms with Crippen LogP contribution < -0.4 is 5.32 Å². The first-order valence-electron chi connectivity index (χ1n) is 7.95. The molecule has 9 heteroatoms. The van der Waals surface area contributed by atoms with Gasteiger partial charge in [0.1, 0.15) is 0 Å². The number of nitrogens with zero attached hydrogens (tertiary/aromatic N) is 1. The van der Waals surface area contributed by atoms with Gasteiger partial charge in [-0.15, -0.1) is 24.8 Å². The van der Waals surface area contributed by atoms with Crippen molar-refractivity contribution >= 4 is 24.8 Å². The van der Waals surface area contributed by atoms with Gasteiger partial charge in [-0.25, -0.2) is 17.6 Å². The minimum Gasteiger partial charge on any atom is -0.381 e. The van der Waals surface area contributed by atoms with Crippen molar-refractivity contribution in [1.82, 2.24) is 10.2 Å². The SMILES string of the molecule is Cl.Cl.Fc1cc(F)c(F)c([C@H](C2CCOCC2)N2CCNCC2)c1F. The lowest BCUT2D eigenvalue weighted by Gasteiger charge is -2.41. The highest BCUT2D eigenvalue weighted by molar-refractivity contribution is 5.85. The summed E-state index contributed by atoms with van der Waals surface area (Å²) < 4.78 is 61.4. The Bertz CT molecular complexity index is 523. The normalized spacial score (nSPS) is 20.5. The first-order valence-corrected chi connectivity index (χ1v) is 7.95. The highest BCUT2D eigenvalue weighted by Crippen LogP contribution is 2.38. The summed E-state index contributed by atoms with van der Waals surface area (Å²) in [6.45, 7) is 3.52. The average molecular weight is 405 g/mol. The summed E-state index contributed by atoms with van der Waals surface area (Å²) in [6.07, 6.45) is 1.23. The molecule has 2 heterocycles. The van der Waals surface area contributed by atoms with Crippen LogP contribution in [0.4, 0.5) is 17.6 Å². The van der Waals surface area contributed by atoms with E-state index in [4.69, 9.17) is 4.74 Å². The van der Waals surface area contributed by atoms with Gasteiger partial charge in [-0.1, -0.05) is 0 Å². The largest absolute Gasteiger partial charge is 0.381 e. The molecule has 0 saturated carbocycles. The molecule has 1 atom stereocenters. The predicted molar refractivity (Wildman–Crippen MR) is 91.5 cm³/mol. The molecule has 2 aliphatic heterocycles. The molecule has 3 rings (SSSR count). The summed E-state index contributed by atoms with van der Waals surface area (Å²) in [5.41, 5.74) is -0.476. The fraction of sp³-hybridized carbons (Fsp3) is 0.625. The number of ether oxygens (including phenoxy) is 1. The van der Waals surface area contributed by atoms with Crippen molar-refractivity contribution in [2.75, 3.05) is 39.4 Å². The topological polar surface area (TPSA) is 24.5 Å². The monoisotopic (exact) mass is 404 g/mol. The van der Waals surface area contributed by atoms with Crippen LogP contribution in [0.5, 0.6) is 0 Å². The van der Waals surface area contributed by atoms with Gasteiger partial charge in [0.2, 0.25) is 0 Å². The van der Waals surface area contributed by atoms with E-state index in [2.05, 4.69) is 5.32 Å².